The topological polar surface area (TPSA) is 45.4 Å². The molecule has 2 N–H and O–H groups in total. The van der Waals surface area contributed by atoms with Gasteiger partial charge in [-0.1, -0.05) is 12.1 Å². The van der Waals surface area contributed by atoms with E-state index >= 15 is 0 Å². The molecule has 0 fully saturated rings. The summed E-state index contributed by atoms with van der Waals surface area (Å²) < 4.78 is 18.1. The molecule has 0 saturated carbocycles. The van der Waals surface area contributed by atoms with Crippen molar-refractivity contribution in [2.45, 2.75) is 5.92 Å². The summed E-state index contributed by atoms with van der Waals surface area (Å²) in [7, 11) is 2.83. The molecule has 1 unspecified atom stereocenters. The Labute approximate surface area is 100 Å². The van der Waals surface area contributed by atoms with Crippen LogP contribution in [0.25, 0.3) is 11.0 Å². The molecule has 0 amide bonds. The summed E-state index contributed by atoms with van der Waals surface area (Å²) in [6, 6.07) is 7.74. The summed E-state index contributed by atoms with van der Waals surface area (Å²) in [6.07, 6.45) is 1.65. The number of likely N-dealkylation sites (N-methyl/N-ethyl adjacent to an activating group) is 1. The maximum atomic E-state index is 12.8. The van der Waals surface area contributed by atoms with Crippen molar-refractivity contribution in [3.63, 3.8) is 0 Å². The lowest BCUT2D eigenvalue weighted by atomic mass is 9.99. The molecule has 0 radical (unpaired) electrons. The van der Waals surface area contributed by atoms with E-state index in [1.165, 1.54) is 0 Å². The molecule has 3 nitrogen and oxygen atoms in total. The lowest BCUT2D eigenvalue weighted by molar-refractivity contribution is 0.399. The maximum absolute atomic E-state index is 12.8. The number of furan rings is 1. The molecule has 2 rings (SSSR count). The van der Waals surface area contributed by atoms with E-state index < -0.39 is 0 Å². The molecule has 0 aliphatic carbocycles. The van der Waals surface area contributed by atoms with Crippen LogP contribution in [0.2, 0.25) is 0 Å². The van der Waals surface area contributed by atoms with E-state index in [4.69, 9.17) is 9.52 Å². The van der Waals surface area contributed by atoms with E-state index in [9.17, 15) is 4.39 Å². The van der Waals surface area contributed by atoms with Gasteiger partial charge in [0.05, 0.1) is 12.9 Å². The van der Waals surface area contributed by atoms with E-state index in [1.54, 1.807) is 6.26 Å². The predicted molar refractivity (Wildman–Crippen MR) is 67.0 cm³/mol. The Morgan fingerprint density at radius 2 is 2.12 bits per heavy atom. The largest absolute Gasteiger partial charge is 0.464 e. The predicted octanol–water partition coefficient (Wildman–Crippen LogP) is 2.31. The van der Waals surface area contributed by atoms with Crippen LogP contribution in [-0.2, 0) is 0 Å². The van der Waals surface area contributed by atoms with Crippen LogP contribution < -0.4 is 5.32 Å². The average molecular weight is 239 g/mol. The lowest BCUT2D eigenvalue weighted by Crippen LogP contribution is -2.18. The first-order valence-electron chi connectivity index (χ1n) is 5.47. The monoisotopic (exact) mass is 239 g/mol. The first kappa shape index (κ1) is 13.7. The van der Waals surface area contributed by atoms with Crippen molar-refractivity contribution in [2.24, 2.45) is 0 Å². The van der Waals surface area contributed by atoms with E-state index in [2.05, 4.69) is 5.32 Å². The number of aliphatic hydroxyl groups is 1. The molecular weight excluding hydrogens is 221 g/mol. The number of benzene rings is 1. The Morgan fingerprint density at radius 3 is 2.76 bits per heavy atom. The molecule has 1 heterocycles. The van der Waals surface area contributed by atoms with Gasteiger partial charge in [0.1, 0.15) is 5.58 Å². The third-order valence-corrected chi connectivity index (χ3v) is 2.59. The summed E-state index contributed by atoms with van der Waals surface area (Å²) in [4.78, 5) is 0. The van der Waals surface area contributed by atoms with E-state index in [0.29, 0.717) is 6.54 Å². The number of rotatable bonds is 4. The van der Waals surface area contributed by atoms with Crippen LogP contribution in [0.5, 0.6) is 0 Å². The molecule has 0 bridgehead atoms. The molecule has 1 aromatic carbocycles. The van der Waals surface area contributed by atoms with Gasteiger partial charge in [-0.25, -0.2) is 0 Å². The van der Waals surface area contributed by atoms with Gasteiger partial charge in [0.15, 0.2) is 0 Å². The molecule has 94 valence electrons. The molecule has 4 heteroatoms. The molecule has 0 saturated heterocycles. The van der Waals surface area contributed by atoms with Crippen molar-refractivity contribution in [2.75, 3.05) is 27.4 Å². The third kappa shape index (κ3) is 3.28. The number of nitrogens with one attached hydrogen (secondary N) is 1. The fourth-order valence-electron chi connectivity index (χ4n) is 1.73. The maximum Gasteiger partial charge on any atom is 0.134 e. The second-order valence-corrected chi connectivity index (χ2v) is 3.63. The van der Waals surface area contributed by atoms with Gasteiger partial charge in [-0.05, 0) is 24.7 Å². The first-order valence-corrected chi connectivity index (χ1v) is 5.47. The number of hydrogen-bond donors (Lipinski definition) is 2. The van der Waals surface area contributed by atoms with Gasteiger partial charge in [0, 0.05) is 25.0 Å². The van der Waals surface area contributed by atoms with E-state index in [1.807, 2.05) is 31.3 Å². The molecule has 1 aromatic heterocycles. The fourth-order valence-corrected chi connectivity index (χ4v) is 1.73. The van der Waals surface area contributed by atoms with Crippen molar-refractivity contribution >= 4 is 11.0 Å². The zero-order valence-corrected chi connectivity index (χ0v) is 10.1. The van der Waals surface area contributed by atoms with Crippen molar-refractivity contribution in [3.8, 4) is 0 Å². The van der Waals surface area contributed by atoms with E-state index in [-0.39, 0.29) is 12.6 Å². The standard InChI is InChI=1S/C12H14FNO.CH4O/c1-14-8-11(7-13)10-3-2-9-4-5-15-12(9)6-10;1-2/h2-6,11,14H,7-8H2,1H3;2H,1H3. The van der Waals surface area contributed by atoms with Crippen molar-refractivity contribution in [1.29, 1.82) is 0 Å². The minimum Gasteiger partial charge on any atom is -0.464 e. The quantitative estimate of drug-likeness (QED) is 0.860. The van der Waals surface area contributed by atoms with Gasteiger partial charge in [-0.3, -0.25) is 4.39 Å². The lowest BCUT2D eigenvalue weighted by Gasteiger charge is -2.12. The zero-order chi connectivity index (χ0) is 12.7. The SMILES string of the molecule is CNCC(CF)c1ccc2ccoc2c1.CO. The molecule has 2 aromatic rings. The first-order chi connectivity index (χ1) is 8.35. The van der Waals surface area contributed by atoms with Crippen LogP contribution in [0.4, 0.5) is 4.39 Å². The van der Waals surface area contributed by atoms with Crippen LogP contribution in [-0.4, -0.2) is 32.5 Å². The van der Waals surface area contributed by atoms with Gasteiger partial charge in [-0.2, -0.15) is 0 Å². The average Bonchev–Trinajstić information content (AvgIpc) is 2.85. The van der Waals surface area contributed by atoms with Crippen molar-refractivity contribution in [3.05, 3.63) is 36.1 Å². The van der Waals surface area contributed by atoms with Gasteiger partial charge in [0.25, 0.3) is 0 Å². The summed E-state index contributed by atoms with van der Waals surface area (Å²) in [5, 5.41) is 11.0. The number of alkyl halides is 1. The van der Waals surface area contributed by atoms with Crippen LogP contribution in [0.3, 0.4) is 0 Å². The van der Waals surface area contributed by atoms with E-state index in [0.717, 1.165) is 23.6 Å². The highest BCUT2D eigenvalue weighted by Crippen LogP contribution is 2.22. The Balaban J connectivity index is 0.000000686. The number of fused-ring (bicyclic) bond motifs is 1. The smallest absolute Gasteiger partial charge is 0.134 e. The minimum absolute atomic E-state index is 0.0931. The molecule has 17 heavy (non-hydrogen) atoms. The Kier molecular flexibility index (Phi) is 5.66. The molecule has 1 atom stereocenters. The highest BCUT2D eigenvalue weighted by atomic mass is 19.1. The fraction of sp³-hybridized carbons (Fsp3) is 0.385. The highest BCUT2D eigenvalue weighted by Gasteiger charge is 2.11. The van der Waals surface area contributed by atoms with Gasteiger partial charge >= 0.3 is 0 Å². The summed E-state index contributed by atoms with van der Waals surface area (Å²) in [5.41, 5.74) is 1.80. The molecule has 0 aliphatic rings. The second kappa shape index (κ2) is 7.04. The summed E-state index contributed by atoms with van der Waals surface area (Å²) >= 11 is 0. The van der Waals surface area contributed by atoms with Gasteiger partial charge in [0.2, 0.25) is 0 Å². The van der Waals surface area contributed by atoms with Gasteiger partial charge in [-0.15, -0.1) is 0 Å². The zero-order valence-electron chi connectivity index (χ0n) is 10.1. The second-order valence-electron chi connectivity index (χ2n) is 3.63. The number of hydrogen-bond acceptors (Lipinski definition) is 3. The summed E-state index contributed by atoms with van der Waals surface area (Å²) in [6.45, 7) is 0.287. The van der Waals surface area contributed by atoms with Crippen molar-refractivity contribution in [1.82, 2.24) is 5.32 Å². The minimum atomic E-state index is -0.354. The highest BCUT2D eigenvalue weighted by molar-refractivity contribution is 5.77. The Hall–Kier alpha value is -1.39. The number of halogens is 1. The van der Waals surface area contributed by atoms with Crippen LogP contribution in [0.15, 0.2) is 34.9 Å². The molecule has 0 spiro atoms. The number of aliphatic hydroxyl groups excluding tert-OH is 1. The molecule has 0 aliphatic heterocycles. The molecular formula is C13H18FNO2. The van der Waals surface area contributed by atoms with Crippen LogP contribution in [0, 0.1) is 0 Å². The third-order valence-electron chi connectivity index (χ3n) is 2.59. The van der Waals surface area contributed by atoms with Crippen molar-refractivity contribution < 1.29 is 13.9 Å². The van der Waals surface area contributed by atoms with Gasteiger partial charge < -0.3 is 14.8 Å². The van der Waals surface area contributed by atoms with Crippen LogP contribution >= 0.6 is 0 Å². The Morgan fingerprint density at radius 1 is 1.35 bits per heavy atom. The Bertz CT molecular complexity index is 442. The normalized spacial score (nSPS) is 12.0. The summed E-state index contributed by atoms with van der Waals surface area (Å²) in [5.74, 6) is -0.0931. The van der Waals surface area contributed by atoms with Crippen LogP contribution in [0.1, 0.15) is 11.5 Å².